The van der Waals surface area contributed by atoms with Crippen molar-refractivity contribution in [1.29, 1.82) is 0 Å². The van der Waals surface area contributed by atoms with Gasteiger partial charge < -0.3 is 18.7 Å². The molecule has 120 valence electrons. The number of aryl methyl sites for hydroxylation is 2. The monoisotopic (exact) mass is 324 g/mol. The van der Waals surface area contributed by atoms with E-state index in [0.29, 0.717) is 28.1 Å². The zero-order valence-electron chi connectivity index (χ0n) is 12.9. The Bertz CT molecular complexity index is 1130. The molecule has 0 aliphatic carbocycles. The SMILES string of the molecule is Cc1noc(C)c1NC(=O)c1cc2c(=O)c3ccccc3oc2o1. The highest BCUT2D eigenvalue weighted by atomic mass is 16.5. The molecule has 0 unspecified atom stereocenters. The minimum Gasteiger partial charge on any atom is -0.425 e. The number of hydrogen-bond acceptors (Lipinski definition) is 6. The minimum atomic E-state index is -0.515. The summed E-state index contributed by atoms with van der Waals surface area (Å²) in [6.07, 6.45) is 0. The van der Waals surface area contributed by atoms with Crippen LogP contribution in [0.4, 0.5) is 5.69 Å². The quantitative estimate of drug-likeness (QED) is 0.607. The number of aromatic nitrogens is 1. The third kappa shape index (κ3) is 2.10. The average molecular weight is 324 g/mol. The Morgan fingerprint density at radius 2 is 1.92 bits per heavy atom. The maximum Gasteiger partial charge on any atom is 0.302 e. The van der Waals surface area contributed by atoms with Crippen LogP contribution in [0.25, 0.3) is 22.1 Å². The van der Waals surface area contributed by atoms with Crippen LogP contribution in [-0.4, -0.2) is 11.1 Å². The molecule has 1 amide bonds. The van der Waals surface area contributed by atoms with Gasteiger partial charge in [0, 0.05) is 6.07 Å². The highest BCUT2D eigenvalue weighted by Gasteiger charge is 2.20. The summed E-state index contributed by atoms with van der Waals surface area (Å²) >= 11 is 0. The van der Waals surface area contributed by atoms with Crippen molar-refractivity contribution in [3.8, 4) is 0 Å². The topological polar surface area (TPSA) is 98.5 Å². The zero-order valence-corrected chi connectivity index (χ0v) is 12.9. The normalized spacial score (nSPS) is 11.2. The summed E-state index contributed by atoms with van der Waals surface area (Å²) in [5.74, 6) is -0.0417. The molecule has 0 fully saturated rings. The van der Waals surface area contributed by atoms with Gasteiger partial charge >= 0.3 is 5.78 Å². The summed E-state index contributed by atoms with van der Waals surface area (Å²) in [7, 11) is 0. The lowest BCUT2D eigenvalue weighted by Crippen LogP contribution is -2.12. The van der Waals surface area contributed by atoms with E-state index in [1.807, 2.05) is 0 Å². The van der Waals surface area contributed by atoms with Crippen molar-refractivity contribution >= 4 is 33.7 Å². The first kappa shape index (κ1) is 14.3. The zero-order chi connectivity index (χ0) is 16.8. The van der Waals surface area contributed by atoms with Gasteiger partial charge in [-0.05, 0) is 26.0 Å². The van der Waals surface area contributed by atoms with Gasteiger partial charge in [0.2, 0.25) is 5.43 Å². The van der Waals surface area contributed by atoms with Crippen molar-refractivity contribution in [2.24, 2.45) is 0 Å². The van der Waals surface area contributed by atoms with Crippen molar-refractivity contribution in [3.05, 3.63) is 57.8 Å². The van der Waals surface area contributed by atoms with Crippen LogP contribution < -0.4 is 10.7 Å². The van der Waals surface area contributed by atoms with Crippen LogP contribution in [0.15, 0.2) is 48.5 Å². The summed E-state index contributed by atoms with van der Waals surface area (Å²) in [6.45, 7) is 3.40. The second-order valence-corrected chi connectivity index (χ2v) is 5.39. The number of para-hydroxylation sites is 1. The Balaban J connectivity index is 1.80. The summed E-state index contributed by atoms with van der Waals surface area (Å²) in [4.78, 5) is 24.8. The molecule has 0 spiro atoms. The van der Waals surface area contributed by atoms with Crippen LogP contribution in [0.5, 0.6) is 0 Å². The van der Waals surface area contributed by atoms with E-state index in [2.05, 4.69) is 10.5 Å². The second-order valence-electron chi connectivity index (χ2n) is 5.39. The summed E-state index contributed by atoms with van der Waals surface area (Å²) in [5.41, 5.74) is 1.19. The van der Waals surface area contributed by atoms with Gasteiger partial charge in [-0.2, -0.15) is 0 Å². The Hall–Kier alpha value is -3.35. The molecule has 0 saturated heterocycles. The average Bonchev–Trinajstić information content (AvgIpc) is 3.14. The molecule has 0 aliphatic rings. The van der Waals surface area contributed by atoms with Gasteiger partial charge in [-0.3, -0.25) is 9.59 Å². The van der Waals surface area contributed by atoms with E-state index in [-0.39, 0.29) is 22.4 Å². The Morgan fingerprint density at radius 3 is 2.67 bits per heavy atom. The van der Waals surface area contributed by atoms with Gasteiger partial charge in [0.25, 0.3) is 5.91 Å². The maximum absolute atomic E-state index is 12.5. The first-order valence-corrected chi connectivity index (χ1v) is 7.24. The fourth-order valence-electron chi connectivity index (χ4n) is 2.55. The number of nitrogens with one attached hydrogen (secondary N) is 1. The van der Waals surface area contributed by atoms with Gasteiger partial charge in [0.05, 0.1) is 5.39 Å². The molecular weight excluding hydrogens is 312 g/mol. The van der Waals surface area contributed by atoms with E-state index < -0.39 is 5.91 Å². The van der Waals surface area contributed by atoms with Gasteiger partial charge in [-0.25, -0.2) is 0 Å². The molecule has 3 heterocycles. The number of furan rings is 1. The number of fused-ring (bicyclic) bond motifs is 2. The highest BCUT2D eigenvalue weighted by molar-refractivity contribution is 6.05. The van der Waals surface area contributed by atoms with E-state index in [1.54, 1.807) is 38.1 Å². The number of carbonyl (C=O) groups excluding carboxylic acids is 1. The molecule has 0 aliphatic heterocycles. The first-order valence-electron chi connectivity index (χ1n) is 7.24. The van der Waals surface area contributed by atoms with E-state index in [1.165, 1.54) is 6.07 Å². The predicted octanol–water partition coefficient (Wildman–Crippen LogP) is 3.40. The molecule has 7 nitrogen and oxygen atoms in total. The summed E-state index contributed by atoms with van der Waals surface area (Å²) < 4.78 is 16.0. The third-order valence-electron chi connectivity index (χ3n) is 3.77. The number of rotatable bonds is 2. The van der Waals surface area contributed by atoms with Crippen LogP contribution in [0.3, 0.4) is 0 Å². The van der Waals surface area contributed by atoms with E-state index >= 15 is 0 Å². The van der Waals surface area contributed by atoms with Crippen LogP contribution in [-0.2, 0) is 0 Å². The number of benzene rings is 1. The van der Waals surface area contributed by atoms with E-state index in [4.69, 9.17) is 13.4 Å². The molecule has 4 aromatic rings. The molecule has 7 heteroatoms. The van der Waals surface area contributed by atoms with E-state index in [0.717, 1.165) is 0 Å². The van der Waals surface area contributed by atoms with Gasteiger partial charge in [0.1, 0.15) is 22.4 Å². The molecule has 24 heavy (non-hydrogen) atoms. The molecule has 1 N–H and O–H groups in total. The maximum atomic E-state index is 12.5. The van der Waals surface area contributed by atoms with Crippen molar-refractivity contribution in [3.63, 3.8) is 0 Å². The lowest BCUT2D eigenvalue weighted by atomic mass is 10.2. The smallest absolute Gasteiger partial charge is 0.302 e. The molecule has 0 bridgehead atoms. The number of nitrogens with zero attached hydrogens (tertiary/aromatic N) is 1. The molecule has 0 atom stereocenters. The predicted molar refractivity (Wildman–Crippen MR) is 86.2 cm³/mol. The standard InChI is InChI=1S/C17H12N2O5/c1-8-14(9(2)24-19-8)18-16(21)13-7-11-15(20)10-5-3-4-6-12(10)22-17(11)23-13/h3-7H,1-2H3,(H,18,21). The van der Waals surface area contributed by atoms with Crippen LogP contribution >= 0.6 is 0 Å². The lowest BCUT2D eigenvalue weighted by Gasteiger charge is -2.00. The van der Waals surface area contributed by atoms with Crippen LogP contribution in [0, 0.1) is 13.8 Å². The lowest BCUT2D eigenvalue weighted by molar-refractivity contribution is 0.0996. The van der Waals surface area contributed by atoms with Crippen molar-refractivity contribution < 1.29 is 18.2 Å². The highest BCUT2D eigenvalue weighted by Crippen LogP contribution is 2.24. The largest absolute Gasteiger partial charge is 0.425 e. The molecule has 1 aromatic carbocycles. The van der Waals surface area contributed by atoms with Crippen molar-refractivity contribution in [2.75, 3.05) is 5.32 Å². The fourth-order valence-corrected chi connectivity index (χ4v) is 2.55. The molecule has 3 aromatic heterocycles. The van der Waals surface area contributed by atoms with Gasteiger partial charge in [0.15, 0.2) is 11.5 Å². The van der Waals surface area contributed by atoms with E-state index in [9.17, 15) is 9.59 Å². The Morgan fingerprint density at radius 1 is 1.12 bits per heavy atom. The number of amides is 1. The van der Waals surface area contributed by atoms with Crippen LogP contribution in [0.2, 0.25) is 0 Å². The molecule has 0 radical (unpaired) electrons. The number of hydrogen-bond donors (Lipinski definition) is 1. The Labute approximate surface area is 134 Å². The molecule has 0 saturated carbocycles. The fraction of sp³-hybridized carbons (Fsp3) is 0.118. The van der Waals surface area contributed by atoms with Gasteiger partial charge in [-0.1, -0.05) is 17.3 Å². The van der Waals surface area contributed by atoms with Crippen molar-refractivity contribution in [1.82, 2.24) is 5.16 Å². The summed E-state index contributed by atoms with van der Waals surface area (Å²) in [5, 5.41) is 7.09. The third-order valence-corrected chi connectivity index (χ3v) is 3.77. The van der Waals surface area contributed by atoms with Gasteiger partial charge in [-0.15, -0.1) is 0 Å². The summed E-state index contributed by atoms with van der Waals surface area (Å²) in [6, 6.07) is 8.21. The second kappa shape index (κ2) is 5.09. The van der Waals surface area contributed by atoms with Crippen molar-refractivity contribution in [2.45, 2.75) is 13.8 Å². The minimum absolute atomic E-state index is 0.0163. The van der Waals surface area contributed by atoms with Crippen LogP contribution in [0.1, 0.15) is 22.0 Å². The Kier molecular flexibility index (Phi) is 3.02. The number of anilines is 1. The first-order chi connectivity index (χ1) is 11.5. The number of carbonyl (C=O) groups is 1. The molecular formula is C17H12N2O5. The molecule has 4 rings (SSSR count).